The van der Waals surface area contributed by atoms with Crippen molar-refractivity contribution in [3.63, 3.8) is 0 Å². The number of benzene rings is 1. The molecular weight excluding hydrogens is 342 g/mol. The van der Waals surface area contributed by atoms with Gasteiger partial charge in [-0.3, -0.25) is 30.6 Å². The van der Waals surface area contributed by atoms with Gasteiger partial charge >= 0.3 is 5.97 Å². The lowest BCUT2D eigenvalue weighted by molar-refractivity contribution is -0.139. The van der Waals surface area contributed by atoms with Crippen molar-refractivity contribution in [2.24, 2.45) is 11.5 Å². The molecule has 1 atom stereocenters. The Hall–Kier alpha value is -3.24. The zero-order chi connectivity index (χ0) is 19.7. The molecular formula is C16H21N5O5. The van der Waals surface area contributed by atoms with Crippen LogP contribution in [0.25, 0.3) is 0 Å². The second-order valence-corrected chi connectivity index (χ2v) is 5.26. The van der Waals surface area contributed by atoms with Crippen LogP contribution in [0.3, 0.4) is 0 Å². The van der Waals surface area contributed by atoms with Crippen molar-refractivity contribution in [1.29, 1.82) is 0 Å². The third-order valence-corrected chi connectivity index (χ3v) is 3.13. The summed E-state index contributed by atoms with van der Waals surface area (Å²) in [6, 6.07) is 5.04. The van der Waals surface area contributed by atoms with E-state index in [9.17, 15) is 19.2 Å². The van der Waals surface area contributed by atoms with Gasteiger partial charge in [-0.05, 0) is 24.3 Å². The molecule has 140 valence electrons. The zero-order valence-electron chi connectivity index (χ0n) is 13.9. The van der Waals surface area contributed by atoms with Gasteiger partial charge in [-0.1, -0.05) is 12.6 Å². The first-order valence-corrected chi connectivity index (χ1v) is 7.56. The van der Waals surface area contributed by atoms with Gasteiger partial charge in [0.1, 0.15) is 12.3 Å². The number of anilines is 1. The molecule has 8 N–H and O–H groups in total. The van der Waals surface area contributed by atoms with Gasteiger partial charge in [0.25, 0.3) is 5.91 Å². The number of rotatable bonds is 10. The van der Waals surface area contributed by atoms with E-state index in [-0.39, 0.29) is 5.56 Å². The minimum atomic E-state index is -1.25. The van der Waals surface area contributed by atoms with E-state index >= 15 is 0 Å². The maximum absolute atomic E-state index is 12.1. The van der Waals surface area contributed by atoms with Crippen molar-refractivity contribution >= 4 is 29.3 Å². The van der Waals surface area contributed by atoms with E-state index in [2.05, 4.69) is 22.5 Å². The van der Waals surface area contributed by atoms with Crippen LogP contribution in [0.2, 0.25) is 0 Å². The maximum atomic E-state index is 12.1. The van der Waals surface area contributed by atoms with Crippen molar-refractivity contribution in [2.75, 3.05) is 11.9 Å². The number of carbonyl (C=O) groups excluding carboxylic acids is 3. The summed E-state index contributed by atoms with van der Waals surface area (Å²) in [4.78, 5) is 46.2. The summed E-state index contributed by atoms with van der Waals surface area (Å²) in [5.41, 5.74) is 11.6. The van der Waals surface area contributed by atoms with Gasteiger partial charge in [0.05, 0.1) is 13.0 Å². The number of nitrogens with two attached hydrogens (primary N) is 2. The highest BCUT2D eigenvalue weighted by molar-refractivity contribution is 6.00. The number of carbonyl (C=O) groups is 4. The highest BCUT2D eigenvalue weighted by Crippen LogP contribution is 2.10. The third kappa shape index (κ3) is 7.11. The molecule has 0 fully saturated rings. The smallest absolute Gasteiger partial charge is 0.305 e. The average Bonchev–Trinajstić information content (AvgIpc) is 2.57. The number of carboxylic acid groups (broad SMARTS) is 1. The van der Waals surface area contributed by atoms with Gasteiger partial charge in [0.15, 0.2) is 5.78 Å². The van der Waals surface area contributed by atoms with E-state index in [0.717, 1.165) is 6.08 Å². The van der Waals surface area contributed by atoms with Gasteiger partial charge in [-0.25, -0.2) is 0 Å². The number of ketones is 1. The van der Waals surface area contributed by atoms with Crippen LogP contribution in [0.1, 0.15) is 16.8 Å². The van der Waals surface area contributed by atoms with Gasteiger partial charge < -0.3 is 21.1 Å². The molecule has 0 aliphatic carbocycles. The van der Waals surface area contributed by atoms with Crippen molar-refractivity contribution in [1.82, 2.24) is 10.6 Å². The van der Waals surface area contributed by atoms with E-state index in [1.54, 1.807) is 12.1 Å². The third-order valence-electron chi connectivity index (χ3n) is 3.13. The van der Waals surface area contributed by atoms with E-state index in [1.165, 1.54) is 12.1 Å². The molecule has 0 saturated heterocycles. The highest BCUT2D eigenvalue weighted by Gasteiger charge is 2.21. The first kappa shape index (κ1) is 20.8. The molecule has 0 aliphatic heterocycles. The van der Waals surface area contributed by atoms with Gasteiger partial charge in [0, 0.05) is 11.3 Å². The normalized spacial score (nSPS) is 11.3. The Morgan fingerprint density at radius 2 is 1.92 bits per heavy atom. The Labute approximate surface area is 149 Å². The number of amides is 2. The fourth-order valence-corrected chi connectivity index (χ4v) is 1.99. The predicted molar refractivity (Wildman–Crippen MR) is 93.9 cm³/mol. The van der Waals surface area contributed by atoms with Crippen LogP contribution in [0.4, 0.5) is 5.69 Å². The largest absolute Gasteiger partial charge is 0.481 e. The summed E-state index contributed by atoms with van der Waals surface area (Å²) in [6.07, 6.45) is -0.460. The Kier molecular flexibility index (Phi) is 7.93. The van der Waals surface area contributed by atoms with Crippen LogP contribution in [0.5, 0.6) is 0 Å². The lowest BCUT2D eigenvalue weighted by atomic mass is 10.1. The van der Waals surface area contributed by atoms with Crippen LogP contribution in [-0.2, 0) is 14.4 Å². The van der Waals surface area contributed by atoms with Gasteiger partial charge in [-0.2, -0.15) is 0 Å². The molecule has 0 aromatic heterocycles. The lowest BCUT2D eigenvalue weighted by Crippen LogP contribution is -2.46. The summed E-state index contributed by atoms with van der Waals surface area (Å²) in [5, 5.41) is 16.1. The minimum absolute atomic E-state index is 0.257. The fourth-order valence-electron chi connectivity index (χ4n) is 1.99. The number of nitrogens with one attached hydrogen (secondary N) is 3. The minimum Gasteiger partial charge on any atom is -0.481 e. The van der Waals surface area contributed by atoms with Crippen LogP contribution in [-0.4, -0.2) is 47.5 Å². The standard InChI is InChI=1S/C16H21N5O5/c1-2-12(22)11(7-14(24)25)21-13(23)8-19-15(26)9-4-3-5-10(6-9)20-16(17)18/h2-6,11,16,20H,1,7-8,17-18H2,(H,19,26)(H,21,23)(H,24,25). The Morgan fingerprint density at radius 1 is 1.23 bits per heavy atom. The molecule has 0 bridgehead atoms. The molecule has 1 aromatic rings. The lowest BCUT2D eigenvalue weighted by Gasteiger charge is -2.14. The van der Waals surface area contributed by atoms with Crippen LogP contribution in [0, 0.1) is 0 Å². The molecule has 1 unspecified atom stereocenters. The van der Waals surface area contributed by atoms with Crippen LogP contribution >= 0.6 is 0 Å². The number of hydrogen-bond acceptors (Lipinski definition) is 7. The summed E-state index contributed by atoms with van der Waals surface area (Å²) >= 11 is 0. The molecule has 0 aliphatic rings. The van der Waals surface area contributed by atoms with Crippen molar-refractivity contribution < 1.29 is 24.3 Å². The Morgan fingerprint density at radius 3 is 2.50 bits per heavy atom. The molecule has 0 heterocycles. The molecule has 1 aromatic carbocycles. The topological polar surface area (TPSA) is 177 Å². The van der Waals surface area contributed by atoms with Crippen LogP contribution < -0.4 is 27.4 Å². The number of hydrogen-bond donors (Lipinski definition) is 6. The van der Waals surface area contributed by atoms with Gasteiger partial charge in [0.2, 0.25) is 5.91 Å². The number of aliphatic carboxylic acids is 1. The second kappa shape index (κ2) is 9.91. The SMILES string of the molecule is C=CC(=O)C(CC(=O)O)NC(=O)CNC(=O)c1cccc(NC(N)N)c1. The van der Waals surface area contributed by atoms with Gasteiger partial charge in [-0.15, -0.1) is 0 Å². The fraction of sp³-hybridized carbons (Fsp3) is 0.250. The monoisotopic (exact) mass is 363 g/mol. The molecule has 0 saturated carbocycles. The zero-order valence-corrected chi connectivity index (χ0v) is 13.9. The predicted octanol–water partition coefficient (Wildman–Crippen LogP) is -1.26. The highest BCUT2D eigenvalue weighted by atomic mass is 16.4. The van der Waals surface area contributed by atoms with Crippen molar-refractivity contribution in [3.05, 3.63) is 42.5 Å². The first-order chi connectivity index (χ1) is 12.2. The van der Waals surface area contributed by atoms with Crippen molar-refractivity contribution in [2.45, 2.75) is 18.8 Å². The first-order valence-electron chi connectivity index (χ1n) is 7.56. The summed E-state index contributed by atoms with van der Waals surface area (Å²) in [5.74, 6) is -3.14. The van der Waals surface area contributed by atoms with E-state index in [4.69, 9.17) is 16.6 Å². The van der Waals surface area contributed by atoms with Crippen molar-refractivity contribution in [3.8, 4) is 0 Å². The quantitative estimate of drug-likeness (QED) is 0.220. The molecule has 26 heavy (non-hydrogen) atoms. The molecule has 2 amide bonds. The average molecular weight is 363 g/mol. The molecule has 10 heteroatoms. The van der Waals surface area contributed by atoms with E-state index < -0.39 is 48.9 Å². The van der Waals surface area contributed by atoms with E-state index in [0.29, 0.717) is 5.69 Å². The summed E-state index contributed by atoms with van der Waals surface area (Å²) in [7, 11) is 0. The second-order valence-electron chi connectivity index (χ2n) is 5.26. The maximum Gasteiger partial charge on any atom is 0.305 e. The summed E-state index contributed by atoms with van der Waals surface area (Å²) < 4.78 is 0. The Bertz CT molecular complexity index is 704. The molecule has 10 nitrogen and oxygen atoms in total. The number of carboxylic acids is 1. The van der Waals surface area contributed by atoms with Crippen LogP contribution in [0.15, 0.2) is 36.9 Å². The summed E-state index contributed by atoms with van der Waals surface area (Å²) in [6.45, 7) is 2.81. The molecule has 0 radical (unpaired) electrons. The Balaban J connectivity index is 2.63. The molecule has 0 spiro atoms. The molecule has 1 rings (SSSR count). The van der Waals surface area contributed by atoms with E-state index in [1.807, 2.05) is 0 Å².